The number of nitrogens with one attached hydrogen (secondary N) is 1. The molecular weight excluding hydrogens is 296 g/mol. The zero-order valence-corrected chi connectivity index (χ0v) is 13.7. The lowest BCUT2D eigenvalue weighted by atomic mass is 10.00. The summed E-state index contributed by atoms with van der Waals surface area (Å²) in [5.74, 6) is -0.302. The van der Waals surface area contributed by atoms with Crippen LogP contribution in [0, 0.1) is 0 Å². The Hall–Kier alpha value is -2.08. The highest BCUT2D eigenvalue weighted by Gasteiger charge is 2.52. The van der Waals surface area contributed by atoms with E-state index in [0.29, 0.717) is 19.5 Å². The smallest absolute Gasteiger partial charge is 0.415 e. The van der Waals surface area contributed by atoms with Gasteiger partial charge in [-0.3, -0.25) is 9.69 Å². The van der Waals surface area contributed by atoms with Crippen LogP contribution in [0.5, 0.6) is 0 Å². The summed E-state index contributed by atoms with van der Waals surface area (Å²) in [6.07, 6.45) is 0.0552. The van der Waals surface area contributed by atoms with E-state index in [1.165, 1.54) is 0 Å². The molecule has 0 aromatic heterocycles. The normalized spacial score (nSPS) is 27.3. The van der Waals surface area contributed by atoms with E-state index in [9.17, 15) is 9.59 Å². The SMILES string of the molecule is CC(C)(C)OC(=O)[C@@H]1C[C@@]2(CN1)CN(c1ccccc1)C(=O)O2. The molecule has 23 heavy (non-hydrogen) atoms. The van der Waals surface area contributed by atoms with Gasteiger partial charge >= 0.3 is 12.1 Å². The molecular formula is C17H22N2O4. The molecule has 2 fully saturated rings. The molecule has 0 radical (unpaired) electrons. The predicted octanol–water partition coefficient (Wildman–Crippen LogP) is 2.09. The lowest BCUT2D eigenvalue weighted by Crippen LogP contribution is -2.37. The number of carbonyl (C=O) groups is 2. The Labute approximate surface area is 135 Å². The molecule has 2 aliphatic heterocycles. The molecule has 6 heteroatoms. The third kappa shape index (κ3) is 3.32. The highest BCUT2D eigenvalue weighted by molar-refractivity contribution is 5.90. The van der Waals surface area contributed by atoms with E-state index in [-0.39, 0.29) is 12.1 Å². The lowest BCUT2D eigenvalue weighted by molar-refractivity contribution is -0.157. The summed E-state index contributed by atoms with van der Waals surface area (Å²) >= 11 is 0. The Balaban J connectivity index is 1.69. The highest BCUT2D eigenvalue weighted by Crippen LogP contribution is 2.34. The quantitative estimate of drug-likeness (QED) is 0.846. The molecule has 1 N–H and O–H groups in total. The molecule has 1 amide bonds. The van der Waals surface area contributed by atoms with Crippen molar-refractivity contribution in [2.75, 3.05) is 18.0 Å². The first kappa shape index (κ1) is 15.8. The van der Waals surface area contributed by atoms with Crippen LogP contribution in [0.2, 0.25) is 0 Å². The summed E-state index contributed by atoms with van der Waals surface area (Å²) in [5, 5.41) is 3.13. The number of nitrogens with zero attached hydrogens (tertiary/aromatic N) is 1. The van der Waals surface area contributed by atoms with Gasteiger partial charge in [0.2, 0.25) is 0 Å². The number of esters is 1. The Morgan fingerprint density at radius 2 is 2.04 bits per heavy atom. The van der Waals surface area contributed by atoms with E-state index in [1.54, 1.807) is 4.90 Å². The highest BCUT2D eigenvalue weighted by atomic mass is 16.6. The number of amides is 1. The second-order valence-electron chi connectivity index (χ2n) is 7.14. The van der Waals surface area contributed by atoms with Crippen molar-refractivity contribution in [3.63, 3.8) is 0 Å². The van der Waals surface area contributed by atoms with E-state index in [4.69, 9.17) is 9.47 Å². The molecule has 1 aromatic carbocycles. The molecule has 0 bridgehead atoms. The fourth-order valence-corrected chi connectivity index (χ4v) is 2.99. The molecule has 2 atom stereocenters. The molecule has 0 saturated carbocycles. The van der Waals surface area contributed by atoms with Crippen molar-refractivity contribution in [3.05, 3.63) is 30.3 Å². The van der Waals surface area contributed by atoms with Crippen LogP contribution >= 0.6 is 0 Å². The zero-order chi connectivity index (χ0) is 16.7. The molecule has 124 valence electrons. The van der Waals surface area contributed by atoms with Crippen LogP contribution in [0.15, 0.2) is 30.3 Å². The maximum atomic E-state index is 12.2. The van der Waals surface area contributed by atoms with Crippen molar-refractivity contribution >= 4 is 17.7 Å². The summed E-state index contributed by atoms with van der Waals surface area (Å²) < 4.78 is 11.0. The van der Waals surface area contributed by atoms with Gasteiger partial charge in [-0.1, -0.05) is 18.2 Å². The third-order valence-electron chi connectivity index (χ3n) is 3.98. The number of ether oxygens (including phenoxy) is 2. The second kappa shape index (κ2) is 5.53. The molecule has 3 rings (SSSR count). The standard InChI is InChI=1S/C17H22N2O4/c1-16(2,3)22-14(20)13-9-17(10-18-13)11-19(15(21)23-17)12-7-5-4-6-8-12/h4-8,13,18H,9-11H2,1-3H3/t13-,17+/m0/s1. The van der Waals surface area contributed by atoms with Crippen LogP contribution in [-0.2, 0) is 14.3 Å². The van der Waals surface area contributed by atoms with E-state index in [2.05, 4.69) is 5.32 Å². The van der Waals surface area contributed by atoms with Crippen LogP contribution in [0.25, 0.3) is 0 Å². The Morgan fingerprint density at radius 1 is 1.35 bits per heavy atom. The number of hydrogen-bond donors (Lipinski definition) is 1. The average Bonchev–Trinajstić information content (AvgIpc) is 3.02. The number of carbonyl (C=O) groups excluding carboxylic acids is 2. The summed E-state index contributed by atoms with van der Waals surface area (Å²) in [5.41, 5.74) is -0.402. The van der Waals surface area contributed by atoms with Crippen LogP contribution in [-0.4, -0.2) is 42.4 Å². The van der Waals surface area contributed by atoms with Gasteiger partial charge in [-0.15, -0.1) is 0 Å². The van der Waals surface area contributed by atoms with Crippen molar-refractivity contribution < 1.29 is 19.1 Å². The number of benzene rings is 1. The minimum Gasteiger partial charge on any atom is -0.459 e. The first-order chi connectivity index (χ1) is 10.8. The number of para-hydroxylation sites is 1. The number of rotatable bonds is 2. The molecule has 2 heterocycles. The van der Waals surface area contributed by atoms with Crippen LogP contribution in [0.4, 0.5) is 10.5 Å². The molecule has 2 saturated heterocycles. The minimum absolute atomic E-state index is 0.302. The molecule has 0 unspecified atom stereocenters. The monoisotopic (exact) mass is 318 g/mol. The molecule has 1 aromatic rings. The number of anilines is 1. The Kier molecular flexibility index (Phi) is 3.80. The predicted molar refractivity (Wildman–Crippen MR) is 85.3 cm³/mol. The van der Waals surface area contributed by atoms with Gasteiger partial charge in [0.05, 0.1) is 6.54 Å². The van der Waals surface area contributed by atoms with Crippen molar-refractivity contribution in [3.8, 4) is 0 Å². The van der Waals surface area contributed by atoms with Gasteiger partial charge in [0.25, 0.3) is 0 Å². The third-order valence-corrected chi connectivity index (χ3v) is 3.98. The zero-order valence-electron chi connectivity index (χ0n) is 13.7. The van der Waals surface area contributed by atoms with Gasteiger partial charge in [-0.05, 0) is 32.9 Å². The van der Waals surface area contributed by atoms with E-state index in [0.717, 1.165) is 5.69 Å². The topological polar surface area (TPSA) is 67.9 Å². The van der Waals surface area contributed by atoms with Crippen molar-refractivity contribution in [1.82, 2.24) is 5.32 Å². The molecule has 1 spiro atoms. The van der Waals surface area contributed by atoms with Gasteiger partial charge in [0, 0.05) is 18.7 Å². The van der Waals surface area contributed by atoms with Gasteiger partial charge < -0.3 is 14.8 Å². The van der Waals surface area contributed by atoms with Crippen LogP contribution in [0.1, 0.15) is 27.2 Å². The summed E-state index contributed by atoms with van der Waals surface area (Å²) in [6, 6.07) is 8.95. The average molecular weight is 318 g/mol. The summed E-state index contributed by atoms with van der Waals surface area (Å²) in [4.78, 5) is 26.0. The summed E-state index contributed by atoms with van der Waals surface area (Å²) in [6.45, 7) is 6.39. The molecule has 2 aliphatic rings. The first-order valence-electron chi connectivity index (χ1n) is 7.80. The van der Waals surface area contributed by atoms with Crippen LogP contribution in [0.3, 0.4) is 0 Å². The fraction of sp³-hybridized carbons (Fsp3) is 0.529. The van der Waals surface area contributed by atoms with Crippen LogP contribution < -0.4 is 10.2 Å². The van der Waals surface area contributed by atoms with Crippen molar-refractivity contribution in [1.29, 1.82) is 0 Å². The van der Waals surface area contributed by atoms with Crippen molar-refractivity contribution in [2.45, 2.75) is 44.4 Å². The second-order valence-corrected chi connectivity index (χ2v) is 7.14. The maximum absolute atomic E-state index is 12.2. The van der Waals surface area contributed by atoms with Gasteiger partial charge in [-0.2, -0.15) is 0 Å². The largest absolute Gasteiger partial charge is 0.459 e. The van der Waals surface area contributed by atoms with E-state index < -0.39 is 17.2 Å². The first-order valence-corrected chi connectivity index (χ1v) is 7.80. The fourth-order valence-electron chi connectivity index (χ4n) is 2.99. The van der Waals surface area contributed by atoms with E-state index >= 15 is 0 Å². The maximum Gasteiger partial charge on any atom is 0.415 e. The summed E-state index contributed by atoms with van der Waals surface area (Å²) in [7, 11) is 0. The lowest BCUT2D eigenvalue weighted by Gasteiger charge is -2.23. The van der Waals surface area contributed by atoms with Gasteiger partial charge in [0.15, 0.2) is 0 Å². The Bertz CT molecular complexity index is 611. The molecule has 6 nitrogen and oxygen atoms in total. The molecule has 0 aliphatic carbocycles. The van der Waals surface area contributed by atoms with Crippen molar-refractivity contribution in [2.24, 2.45) is 0 Å². The van der Waals surface area contributed by atoms with Gasteiger partial charge in [-0.25, -0.2) is 4.79 Å². The van der Waals surface area contributed by atoms with E-state index in [1.807, 2.05) is 51.1 Å². The Morgan fingerprint density at radius 3 is 2.70 bits per heavy atom. The minimum atomic E-state index is -0.672. The number of hydrogen-bond acceptors (Lipinski definition) is 5. The van der Waals surface area contributed by atoms with Gasteiger partial charge in [0.1, 0.15) is 17.2 Å².